The summed E-state index contributed by atoms with van der Waals surface area (Å²) in [5.41, 5.74) is 5.62. The first kappa shape index (κ1) is 18.0. The zero-order valence-corrected chi connectivity index (χ0v) is 13.1. The van der Waals surface area contributed by atoms with Crippen LogP contribution in [0.3, 0.4) is 0 Å². The lowest BCUT2D eigenvalue weighted by Gasteiger charge is -2.33. The molecule has 1 aromatic heterocycles. The molecular weight excluding hydrogens is 335 g/mol. The number of nitrogens with zero attached hydrogens (tertiary/aromatic N) is 2. The van der Waals surface area contributed by atoms with Gasteiger partial charge in [-0.05, 0) is 18.9 Å². The summed E-state index contributed by atoms with van der Waals surface area (Å²) in [4.78, 5) is 3.55. The fraction of sp³-hybridized carbons (Fsp3) is 0.615. The Morgan fingerprint density at radius 1 is 1.35 bits per heavy atom. The third-order valence-electron chi connectivity index (χ3n) is 3.54. The smallest absolute Gasteiger partial charge is 0.422 e. The van der Waals surface area contributed by atoms with E-state index in [2.05, 4.69) is 9.72 Å². The van der Waals surface area contributed by atoms with E-state index in [1.54, 1.807) is 0 Å². The van der Waals surface area contributed by atoms with E-state index in [1.807, 2.05) is 0 Å². The van der Waals surface area contributed by atoms with Crippen LogP contribution in [0.4, 0.5) is 13.2 Å². The normalized spacial score (nSPS) is 20.4. The lowest BCUT2D eigenvalue weighted by atomic mass is 10.1. The van der Waals surface area contributed by atoms with Crippen LogP contribution in [-0.4, -0.2) is 49.6 Å². The highest BCUT2D eigenvalue weighted by Gasteiger charge is 2.33. The minimum atomic E-state index is -4.48. The van der Waals surface area contributed by atoms with E-state index >= 15 is 0 Å². The third-order valence-corrected chi connectivity index (χ3v) is 5.48. The summed E-state index contributed by atoms with van der Waals surface area (Å²) in [5.74, 6) is -0.282. The number of nitrogens with two attached hydrogens (primary N) is 1. The van der Waals surface area contributed by atoms with Crippen molar-refractivity contribution in [2.75, 3.05) is 19.7 Å². The molecule has 6 nitrogen and oxygen atoms in total. The molecule has 23 heavy (non-hydrogen) atoms. The van der Waals surface area contributed by atoms with Crippen molar-refractivity contribution in [3.63, 3.8) is 0 Å². The van der Waals surface area contributed by atoms with Gasteiger partial charge in [0.2, 0.25) is 15.9 Å². The molecule has 10 heteroatoms. The van der Waals surface area contributed by atoms with Gasteiger partial charge in [0.25, 0.3) is 0 Å². The summed E-state index contributed by atoms with van der Waals surface area (Å²) >= 11 is 0. The van der Waals surface area contributed by atoms with Crippen LogP contribution < -0.4 is 10.5 Å². The summed E-state index contributed by atoms with van der Waals surface area (Å²) in [6, 6.07) is 2.03. The summed E-state index contributed by atoms with van der Waals surface area (Å²) < 4.78 is 67.2. The second-order valence-corrected chi connectivity index (χ2v) is 7.13. The van der Waals surface area contributed by atoms with Crippen molar-refractivity contribution >= 4 is 10.0 Å². The molecule has 1 atom stereocenters. The summed E-state index contributed by atoms with van der Waals surface area (Å²) in [6.45, 7) is -0.885. The van der Waals surface area contributed by atoms with E-state index in [0.29, 0.717) is 13.0 Å². The van der Waals surface area contributed by atoms with Crippen LogP contribution in [0.5, 0.6) is 5.88 Å². The Kier molecular flexibility index (Phi) is 5.48. The number of aromatic nitrogens is 1. The second-order valence-electron chi connectivity index (χ2n) is 5.24. The van der Waals surface area contributed by atoms with Gasteiger partial charge in [-0.25, -0.2) is 13.4 Å². The minimum Gasteiger partial charge on any atom is -0.468 e. The van der Waals surface area contributed by atoms with Crippen molar-refractivity contribution < 1.29 is 26.3 Å². The molecule has 0 unspecified atom stereocenters. The van der Waals surface area contributed by atoms with E-state index in [4.69, 9.17) is 5.73 Å². The Hall–Kier alpha value is -1.39. The highest BCUT2D eigenvalue weighted by molar-refractivity contribution is 7.89. The third kappa shape index (κ3) is 4.55. The first-order valence-corrected chi connectivity index (χ1v) is 8.55. The molecule has 1 saturated heterocycles. The maximum atomic E-state index is 12.6. The number of rotatable bonds is 5. The summed E-state index contributed by atoms with van der Waals surface area (Å²) in [6.07, 6.45) is -1.12. The van der Waals surface area contributed by atoms with E-state index in [0.717, 1.165) is 25.1 Å². The molecule has 2 rings (SSSR count). The molecule has 0 bridgehead atoms. The van der Waals surface area contributed by atoms with Gasteiger partial charge in [-0.2, -0.15) is 17.5 Å². The van der Waals surface area contributed by atoms with Crippen molar-refractivity contribution in [2.45, 2.75) is 36.4 Å². The van der Waals surface area contributed by atoms with E-state index in [-0.39, 0.29) is 23.4 Å². The monoisotopic (exact) mass is 353 g/mol. The highest BCUT2D eigenvalue weighted by atomic mass is 32.2. The number of hydrogen-bond acceptors (Lipinski definition) is 5. The Morgan fingerprint density at radius 3 is 2.65 bits per heavy atom. The molecule has 0 saturated carbocycles. The zero-order chi connectivity index (χ0) is 17.1. The Morgan fingerprint density at radius 2 is 2.09 bits per heavy atom. The maximum Gasteiger partial charge on any atom is 0.422 e. The van der Waals surface area contributed by atoms with Crippen molar-refractivity contribution in [1.29, 1.82) is 0 Å². The van der Waals surface area contributed by atoms with Gasteiger partial charge in [-0.3, -0.25) is 0 Å². The number of sulfonamides is 1. The first-order chi connectivity index (χ1) is 10.7. The molecule has 1 aromatic rings. The average Bonchev–Trinajstić information content (AvgIpc) is 2.52. The molecule has 1 fully saturated rings. The van der Waals surface area contributed by atoms with Crippen LogP contribution in [0, 0.1) is 0 Å². The Bertz CT molecular complexity index is 620. The number of piperidine rings is 1. The fourth-order valence-corrected chi connectivity index (χ4v) is 4.07. The number of halogens is 3. The van der Waals surface area contributed by atoms with E-state index < -0.39 is 22.8 Å². The standard InChI is InChI=1S/C13H18F3N3O3S/c14-13(15,16)9-22-12-5-4-11(8-18-12)23(20,21)19-6-2-1-3-10(19)7-17/h4-5,8,10H,1-3,6-7,9,17H2/t10-/m1/s1. The van der Waals surface area contributed by atoms with Gasteiger partial charge < -0.3 is 10.5 Å². The molecule has 2 N–H and O–H groups in total. The molecule has 2 heterocycles. The minimum absolute atomic E-state index is 0.0859. The van der Waals surface area contributed by atoms with Crippen LogP contribution >= 0.6 is 0 Å². The van der Waals surface area contributed by atoms with Crippen LogP contribution in [0.15, 0.2) is 23.2 Å². The first-order valence-electron chi connectivity index (χ1n) is 7.11. The molecule has 0 aliphatic carbocycles. The van der Waals surface area contributed by atoms with Crippen molar-refractivity contribution in [2.24, 2.45) is 5.73 Å². The number of pyridine rings is 1. The predicted octanol–water partition coefficient (Wildman–Crippen LogP) is 1.52. The van der Waals surface area contributed by atoms with Crippen molar-refractivity contribution in [1.82, 2.24) is 9.29 Å². The largest absolute Gasteiger partial charge is 0.468 e. The molecule has 130 valence electrons. The fourth-order valence-electron chi connectivity index (χ4n) is 2.42. The Balaban J connectivity index is 2.14. The van der Waals surface area contributed by atoms with Gasteiger partial charge in [0.15, 0.2) is 6.61 Å². The van der Waals surface area contributed by atoms with Gasteiger partial charge >= 0.3 is 6.18 Å². The average molecular weight is 353 g/mol. The number of ether oxygens (including phenoxy) is 1. The molecular formula is C13H18F3N3O3S. The zero-order valence-electron chi connectivity index (χ0n) is 12.3. The lowest BCUT2D eigenvalue weighted by Crippen LogP contribution is -2.47. The summed E-state index contributed by atoms with van der Waals surface area (Å²) in [5, 5.41) is 0. The quantitative estimate of drug-likeness (QED) is 0.868. The lowest BCUT2D eigenvalue weighted by molar-refractivity contribution is -0.154. The van der Waals surface area contributed by atoms with Gasteiger partial charge in [-0.1, -0.05) is 6.42 Å². The summed E-state index contributed by atoms with van der Waals surface area (Å²) in [7, 11) is -3.77. The van der Waals surface area contributed by atoms with Crippen LogP contribution in [0.2, 0.25) is 0 Å². The Labute approximate surface area is 132 Å². The molecule has 0 radical (unpaired) electrons. The van der Waals surface area contributed by atoms with Crippen molar-refractivity contribution in [3.8, 4) is 5.88 Å². The van der Waals surface area contributed by atoms with Gasteiger partial charge in [0.05, 0.1) is 6.20 Å². The van der Waals surface area contributed by atoms with Crippen molar-refractivity contribution in [3.05, 3.63) is 18.3 Å². The molecule has 0 amide bonds. The van der Waals surface area contributed by atoms with Gasteiger partial charge in [0.1, 0.15) is 4.90 Å². The van der Waals surface area contributed by atoms with Crippen LogP contribution in [-0.2, 0) is 10.0 Å². The SMILES string of the molecule is NC[C@H]1CCCCN1S(=O)(=O)c1ccc(OCC(F)(F)F)nc1. The van der Waals surface area contributed by atoms with Gasteiger partial charge in [0, 0.05) is 25.2 Å². The predicted molar refractivity (Wildman–Crippen MR) is 76.4 cm³/mol. The maximum absolute atomic E-state index is 12.6. The van der Waals surface area contributed by atoms with Crippen LogP contribution in [0.25, 0.3) is 0 Å². The molecule has 1 aliphatic heterocycles. The molecule has 1 aliphatic rings. The molecule has 0 spiro atoms. The van der Waals surface area contributed by atoms with Gasteiger partial charge in [-0.15, -0.1) is 0 Å². The molecule has 0 aromatic carbocycles. The number of alkyl halides is 3. The topological polar surface area (TPSA) is 85.5 Å². The van der Waals surface area contributed by atoms with E-state index in [9.17, 15) is 21.6 Å². The van der Waals surface area contributed by atoms with E-state index in [1.165, 1.54) is 10.4 Å². The highest BCUT2D eigenvalue weighted by Crippen LogP contribution is 2.25. The second kappa shape index (κ2) is 7.02. The number of hydrogen-bond donors (Lipinski definition) is 1. The van der Waals surface area contributed by atoms with Crippen LogP contribution in [0.1, 0.15) is 19.3 Å².